The second kappa shape index (κ2) is 10.2. The van der Waals surface area contributed by atoms with Crippen molar-refractivity contribution in [1.29, 1.82) is 0 Å². The normalized spacial score (nSPS) is 11.7. The quantitative estimate of drug-likeness (QED) is 0.371. The van der Waals surface area contributed by atoms with E-state index in [1.54, 1.807) is 24.3 Å². The molecule has 2 aromatic rings. The van der Waals surface area contributed by atoms with Crippen molar-refractivity contribution >= 4 is 51.5 Å². The number of anilines is 2. The van der Waals surface area contributed by atoms with Gasteiger partial charge < -0.3 is 10.6 Å². The molecular formula is C18H22N4O3S2. The summed E-state index contributed by atoms with van der Waals surface area (Å²) < 4.78 is 0.621. The molecule has 0 spiro atoms. The number of hydrogen-bond acceptors (Lipinski definition) is 7. The van der Waals surface area contributed by atoms with Crippen LogP contribution in [-0.4, -0.2) is 33.0 Å². The Hall–Kier alpha value is -2.26. The highest BCUT2D eigenvalue weighted by molar-refractivity contribution is 8.02. The number of amides is 2. The smallest absolute Gasteiger partial charge is 0.237 e. The van der Waals surface area contributed by atoms with Crippen LogP contribution in [0.1, 0.15) is 50.4 Å². The highest BCUT2D eigenvalue weighted by atomic mass is 32.2. The van der Waals surface area contributed by atoms with Crippen molar-refractivity contribution in [2.24, 2.45) is 0 Å². The monoisotopic (exact) mass is 406 g/mol. The van der Waals surface area contributed by atoms with Crippen LogP contribution in [0.25, 0.3) is 0 Å². The third-order valence-corrected chi connectivity index (χ3v) is 5.88. The van der Waals surface area contributed by atoms with Gasteiger partial charge in [0, 0.05) is 17.7 Å². The van der Waals surface area contributed by atoms with E-state index in [2.05, 4.69) is 20.8 Å². The molecule has 0 unspecified atom stereocenters. The average Bonchev–Trinajstić information content (AvgIpc) is 3.07. The number of ketones is 1. The molecule has 2 amide bonds. The molecule has 1 heterocycles. The molecule has 1 aromatic carbocycles. The Kier molecular flexibility index (Phi) is 7.93. The summed E-state index contributed by atoms with van der Waals surface area (Å²) in [5, 5.41) is 13.6. The van der Waals surface area contributed by atoms with E-state index in [0.29, 0.717) is 33.6 Å². The lowest BCUT2D eigenvalue weighted by atomic mass is 10.1. The van der Waals surface area contributed by atoms with Crippen molar-refractivity contribution < 1.29 is 14.4 Å². The van der Waals surface area contributed by atoms with E-state index in [4.69, 9.17) is 0 Å². The number of rotatable bonds is 9. The lowest BCUT2D eigenvalue weighted by Crippen LogP contribution is -2.24. The van der Waals surface area contributed by atoms with Crippen molar-refractivity contribution in [3.63, 3.8) is 0 Å². The molecule has 9 heteroatoms. The number of nitrogens with one attached hydrogen (secondary N) is 2. The van der Waals surface area contributed by atoms with E-state index >= 15 is 0 Å². The number of nitrogens with zero attached hydrogens (tertiary/aromatic N) is 2. The van der Waals surface area contributed by atoms with E-state index in [1.165, 1.54) is 30.0 Å². The first kappa shape index (κ1) is 21.0. The fraction of sp³-hybridized carbons (Fsp3) is 0.389. The summed E-state index contributed by atoms with van der Waals surface area (Å²) in [4.78, 5) is 35.5. The number of aromatic nitrogens is 2. The van der Waals surface area contributed by atoms with Crippen LogP contribution in [0.15, 0.2) is 28.6 Å². The van der Waals surface area contributed by atoms with Gasteiger partial charge in [-0.25, -0.2) is 0 Å². The Labute approximate surface area is 166 Å². The van der Waals surface area contributed by atoms with Gasteiger partial charge in [0.2, 0.25) is 16.9 Å². The van der Waals surface area contributed by atoms with Crippen LogP contribution in [-0.2, 0) is 9.59 Å². The Balaban J connectivity index is 1.95. The fourth-order valence-electron chi connectivity index (χ4n) is 2.17. The number of thioether (sulfide) groups is 1. The minimum Gasteiger partial charge on any atom is -0.325 e. The molecular weight excluding hydrogens is 384 g/mol. The van der Waals surface area contributed by atoms with Crippen molar-refractivity contribution in [3.8, 4) is 0 Å². The Morgan fingerprint density at radius 3 is 2.41 bits per heavy atom. The van der Waals surface area contributed by atoms with Crippen LogP contribution >= 0.6 is 23.1 Å². The zero-order chi connectivity index (χ0) is 19.8. The molecule has 2 rings (SSSR count). The lowest BCUT2D eigenvalue weighted by Gasteiger charge is -2.13. The van der Waals surface area contributed by atoms with Crippen LogP contribution in [0.2, 0.25) is 0 Å². The van der Waals surface area contributed by atoms with Crippen molar-refractivity contribution in [2.45, 2.75) is 49.6 Å². The zero-order valence-corrected chi connectivity index (χ0v) is 17.1. The van der Waals surface area contributed by atoms with E-state index in [9.17, 15) is 14.4 Å². The van der Waals surface area contributed by atoms with Crippen molar-refractivity contribution in [2.75, 3.05) is 10.6 Å². The summed E-state index contributed by atoms with van der Waals surface area (Å²) in [5.41, 5.74) is 1.23. The maximum Gasteiger partial charge on any atom is 0.237 e. The van der Waals surface area contributed by atoms with Gasteiger partial charge in [-0.15, -0.1) is 10.2 Å². The SMILES string of the molecule is CCCC(=O)Nc1nnc(S[C@H](CC)C(=O)Nc2ccc(C(C)=O)cc2)s1. The summed E-state index contributed by atoms with van der Waals surface area (Å²) in [7, 11) is 0. The first-order valence-corrected chi connectivity index (χ1v) is 10.3. The fourth-order valence-corrected chi connectivity index (χ4v) is 4.11. The average molecular weight is 407 g/mol. The highest BCUT2D eigenvalue weighted by Crippen LogP contribution is 2.31. The van der Waals surface area contributed by atoms with Gasteiger partial charge in [-0.3, -0.25) is 14.4 Å². The second-order valence-electron chi connectivity index (χ2n) is 5.81. The number of carbonyl (C=O) groups is 3. The van der Waals surface area contributed by atoms with Gasteiger partial charge in [-0.05, 0) is 44.0 Å². The van der Waals surface area contributed by atoms with Gasteiger partial charge in [0.15, 0.2) is 10.1 Å². The zero-order valence-electron chi connectivity index (χ0n) is 15.4. The predicted octanol–water partition coefficient (Wildman–Crippen LogP) is 3.99. The Bertz CT molecular complexity index is 805. The highest BCUT2D eigenvalue weighted by Gasteiger charge is 2.21. The molecule has 0 aliphatic rings. The molecule has 144 valence electrons. The summed E-state index contributed by atoms with van der Waals surface area (Å²) in [6.45, 7) is 5.35. The first-order valence-electron chi connectivity index (χ1n) is 8.64. The molecule has 2 N–H and O–H groups in total. The molecule has 0 bridgehead atoms. The molecule has 27 heavy (non-hydrogen) atoms. The van der Waals surface area contributed by atoms with Gasteiger partial charge in [0.1, 0.15) is 0 Å². The summed E-state index contributed by atoms with van der Waals surface area (Å²) in [6.07, 6.45) is 1.81. The maximum absolute atomic E-state index is 12.5. The van der Waals surface area contributed by atoms with Crippen LogP contribution in [0, 0.1) is 0 Å². The van der Waals surface area contributed by atoms with Crippen molar-refractivity contribution in [3.05, 3.63) is 29.8 Å². The van der Waals surface area contributed by atoms with Crippen LogP contribution < -0.4 is 10.6 Å². The molecule has 0 saturated carbocycles. The van der Waals surface area contributed by atoms with E-state index < -0.39 is 0 Å². The second-order valence-corrected chi connectivity index (χ2v) is 8.24. The molecule has 0 saturated heterocycles. The van der Waals surface area contributed by atoms with Gasteiger partial charge in [-0.1, -0.05) is 36.9 Å². The minimum atomic E-state index is -0.343. The van der Waals surface area contributed by atoms with E-state index in [-0.39, 0.29) is 22.8 Å². The summed E-state index contributed by atoms with van der Waals surface area (Å²) in [6, 6.07) is 6.78. The lowest BCUT2D eigenvalue weighted by molar-refractivity contribution is -0.116. The summed E-state index contributed by atoms with van der Waals surface area (Å²) in [5.74, 6) is -0.262. The number of benzene rings is 1. The summed E-state index contributed by atoms with van der Waals surface area (Å²) >= 11 is 2.56. The minimum absolute atomic E-state index is 0.0204. The standard InChI is InChI=1S/C18H22N4O3S2/c1-4-6-15(24)20-17-21-22-18(27-17)26-14(5-2)16(25)19-13-9-7-12(8-10-13)11(3)23/h7-10,14H,4-6H2,1-3H3,(H,19,25)(H,20,21,24)/t14-/m1/s1. The number of Topliss-reactive ketones (excluding diaryl/α,β-unsaturated/α-hetero) is 1. The Morgan fingerprint density at radius 2 is 1.81 bits per heavy atom. The van der Waals surface area contributed by atoms with Crippen molar-refractivity contribution in [1.82, 2.24) is 10.2 Å². The van der Waals surface area contributed by atoms with Gasteiger partial charge in [-0.2, -0.15) is 0 Å². The van der Waals surface area contributed by atoms with E-state index in [0.717, 1.165) is 6.42 Å². The van der Waals surface area contributed by atoms with E-state index in [1.807, 2.05) is 13.8 Å². The third kappa shape index (κ3) is 6.44. The number of carbonyl (C=O) groups excluding carboxylic acids is 3. The Morgan fingerprint density at radius 1 is 1.11 bits per heavy atom. The van der Waals surface area contributed by atoms with Crippen LogP contribution in [0.5, 0.6) is 0 Å². The van der Waals surface area contributed by atoms with Gasteiger partial charge >= 0.3 is 0 Å². The van der Waals surface area contributed by atoms with Gasteiger partial charge in [0.05, 0.1) is 5.25 Å². The molecule has 0 aliphatic heterocycles. The number of hydrogen-bond donors (Lipinski definition) is 2. The molecule has 1 atom stereocenters. The predicted molar refractivity (Wildman–Crippen MR) is 108 cm³/mol. The first-order chi connectivity index (χ1) is 12.9. The van der Waals surface area contributed by atoms with Gasteiger partial charge in [0.25, 0.3) is 0 Å². The third-order valence-electron chi connectivity index (χ3n) is 3.60. The van der Waals surface area contributed by atoms with Crippen LogP contribution in [0.4, 0.5) is 10.8 Å². The van der Waals surface area contributed by atoms with Crippen LogP contribution in [0.3, 0.4) is 0 Å². The molecule has 7 nitrogen and oxygen atoms in total. The maximum atomic E-state index is 12.5. The molecule has 0 radical (unpaired) electrons. The molecule has 0 fully saturated rings. The topological polar surface area (TPSA) is 101 Å². The molecule has 0 aliphatic carbocycles. The largest absolute Gasteiger partial charge is 0.325 e. The molecule has 1 aromatic heterocycles.